The Morgan fingerprint density at radius 3 is 2.29 bits per heavy atom. The first-order valence-corrected chi connectivity index (χ1v) is 10.4. The molecule has 1 unspecified atom stereocenters. The second-order valence-electron chi connectivity index (χ2n) is 7.96. The number of carbonyl (C=O) groups excluding carboxylic acids is 2. The third-order valence-electron chi connectivity index (χ3n) is 5.72. The summed E-state index contributed by atoms with van der Waals surface area (Å²) >= 11 is 0. The number of aryl methyl sites for hydroxylation is 4. The second-order valence-corrected chi connectivity index (χ2v) is 7.96. The molecule has 3 aromatic rings. The summed E-state index contributed by atoms with van der Waals surface area (Å²) in [5.41, 5.74) is 4.17. The average Bonchev–Trinajstić information content (AvgIpc) is 3.29. The van der Waals surface area contributed by atoms with E-state index in [2.05, 4.69) is 0 Å². The molecule has 1 saturated heterocycles. The summed E-state index contributed by atoms with van der Waals surface area (Å²) in [6, 6.07) is 15.7. The fourth-order valence-electron chi connectivity index (χ4n) is 4.08. The number of ketones is 1. The number of hydrogen-bond acceptors (Lipinski definition) is 4. The highest BCUT2D eigenvalue weighted by atomic mass is 16.3. The van der Waals surface area contributed by atoms with Crippen LogP contribution >= 0.6 is 0 Å². The fourth-order valence-corrected chi connectivity index (χ4v) is 4.08. The first kappa shape index (κ1) is 20.7. The van der Waals surface area contributed by atoms with Crippen LogP contribution in [-0.4, -0.2) is 16.8 Å². The van der Waals surface area contributed by atoms with E-state index in [1.807, 2.05) is 51.1 Å². The summed E-state index contributed by atoms with van der Waals surface area (Å²) in [7, 11) is 0. The van der Waals surface area contributed by atoms with Crippen LogP contribution in [0, 0.1) is 20.8 Å². The minimum Gasteiger partial charge on any atom is -0.507 e. The van der Waals surface area contributed by atoms with Crippen LogP contribution in [0.1, 0.15) is 46.7 Å². The van der Waals surface area contributed by atoms with Crippen molar-refractivity contribution in [3.8, 4) is 0 Å². The molecule has 31 heavy (non-hydrogen) atoms. The van der Waals surface area contributed by atoms with Crippen molar-refractivity contribution >= 4 is 23.1 Å². The quantitative estimate of drug-likeness (QED) is 0.352. The van der Waals surface area contributed by atoms with Crippen molar-refractivity contribution in [2.24, 2.45) is 0 Å². The lowest BCUT2D eigenvalue weighted by Gasteiger charge is -2.25. The standard InChI is InChI=1S/C26H25NO4/c1-5-18-8-10-19(11-9-18)24(28)22-23(21-13-7-17(4)31-21)27(26(30)25(22)29)20-12-6-15(2)14-16(20)3/h6-14,23,28H,5H2,1-4H3/b24-22-. The molecule has 1 N–H and O–H groups in total. The number of anilines is 1. The third kappa shape index (κ3) is 3.56. The maximum atomic E-state index is 13.2. The number of benzene rings is 2. The lowest BCUT2D eigenvalue weighted by atomic mass is 9.98. The van der Waals surface area contributed by atoms with Gasteiger partial charge in [-0.15, -0.1) is 0 Å². The first-order chi connectivity index (χ1) is 14.8. The molecule has 0 bridgehead atoms. The number of aliphatic hydroxyl groups excluding tert-OH is 1. The van der Waals surface area contributed by atoms with Gasteiger partial charge in [-0.3, -0.25) is 14.5 Å². The van der Waals surface area contributed by atoms with Crippen LogP contribution in [0.15, 0.2) is 64.6 Å². The summed E-state index contributed by atoms with van der Waals surface area (Å²) in [6.07, 6.45) is 0.865. The predicted octanol–water partition coefficient (Wildman–Crippen LogP) is 5.39. The lowest BCUT2D eigenvalue weighted by molar-refractivity contribution is -0.132. The number of aliphatic hydroxyl groups is 1. The summed E-state index contributed by atoms with van der Waals surface area (Å²) < 4.78 is 5.84. The Kier molecular flexibility index (Phi) is 5.27. The molecule has 2 heterocycles. The molecular formula is C26H25NO4. The van der Waals surface area contributed by atoms with Crippen molar-refractivity contribution < 1.29 is 19.1 Å². The van der Waals surface area contributed by atoms with Gasteiger partial charge in [-0.2, -0.15) is 0 Å². The molecule has 1 aliphatic rings. The van der Waals surface area contributed by atoms with Gasteiger partial charge in [0, 0.05) is 11.3 Å². The van der Waals surface area contributed by atoms with Gasteiger partial charge in [0.15, 0.2) is 0 Å². The van der Waals surface area contributed by atoms with Crippen LogP contribution in [0.4, 0.5) is 5.69 Å². The number of carbonyl (C=O) groups is 2. The lowest BCUT2D eigenvalue weighted by Crippen LogP contribution is -2.30. The van der Waals surface area contributed by atoms with E-state index in [1.165, 1.54) is 4.90 Å². The van der Waals surface area contributed by atoms with E-state index in [1.54, 1.807) is 31.2 Å². The highest BCUT2D eigenvalue weighted by Gasteiger charge is 2.48. The van der Waals surface area contributed by atoms with E-state index in [-0.39, 0.29) is 11.3 Å². The van der Waals surface area contributed by atoms with Crippen molar-refractivity contribution in [1.29, 1.82) is 0 Å². The van der Waals surface area contributed by atoms with Crippen LogP contribution in [0.5, 0.6) is 0 Å². The number of Topliss-reactive ketones (excluding diaryl/α,β-unsaturated/α-hetero) is 1. The predicted molar refractivity (Wildman–Crippen MR) is 120 cm³/mol. The molecule has 5 nitrogen and oxygen atoms in total. The highest BCUT2D eigenvalue weighted by molar-refractivity contribution is 6.51. The molecule has 1 aromatic heterocycles. The third-order valence-corrected chi connectivity index (χ3v) is 5.72. The molecule has 1 atom stereocenters. The number of furan rings is 1. The summed E-state index contributed by atoms with van der Waals surface area (Å²) in [4.78, 5) is 27.7. The zero-order valence-electron chi connectivity index (χ0n) is 18.1. The Bertz CT molecular complexity index is 1200. The largest absolute Gasteiger partial charge is 0.507 e. The van der Waals surface area contributed by atoms with Gasteiger partial charge >= 0.3 is 0 Å². The van der Waals surface area contributed by atoms with Gasteiger partial charge in [0.2, 0.25) is 0 Å². The van der Waals surface area contributed by atoms with Crippen LogP contribution in [-0.2, 0) is 16.0 Å². The van der Waals surface area contributed by atoms with Gasteiger partial charge in [-0.1, -0.05) is 48.9 Å². The summed E-state index contributed by atoms with van der Waals surface area (Å²) in [5, 5.41) is 11.1. The Morgan fingerprint density at radius 1 is 1.00 bits per heavy atom. The maximum Gasteiger partial charge on any atom is 0.300 e. The number of amides is 1. The van der Waals surface area contributed by atoms with Crippen LogP contribution in [0.25, 0.3) is 5.76 Å². The van der Waals surface area contributed by atoms with E-state index in [0.717, 1.165) is 23.1 Å². The van der Waals surface area contributed by atoms with E-state index in [9.17, 15) is 14.7 Å². The van der Waals surface area contributed by atoms with Gasteiger partial charge in [-0.05, 0) is 56.5 Å². The summed E-state index contributed by atoms with van der Waals surface area (Å²) in [6.45, 7) is 7.72. The van der Waals surface area contributed by atoms with E-state index < -0.39 is 17.7 Å². The Hall–Kier alpha value is -3.60. The van der Waals surface area contributed by atoms with Crippen molar-refractivity contribution in [1.82, 2.24) is 0 Å². The maximum absolute atomic E-state index is 13.2. The number of rotatable bonds is 4. The Morgan fingerprint density at radius 2 is 1.71 bits per heavy atom. The van der Waals surface area contributed by atoms with E-state index in [0.29, 0.717) is 22.8 Å². The number of nitrogens with zero attached hydrogens (tertiary/aromatic N) is 1. The van der Waals surface area contributed by atoms with Gasteiger partial charge in [0.1, 0.15) is 23.3 Å². The second kappa shape index (κ2) is 7.91. The molecule has 0 radical (unpaired) electrons. The van der Waals surface area contributed by atoms with Gasteiger partial charge < -0.3 is 9.52 Å². The molecule has 158 valence electrons. The van der Waals surface area contributed by atoms with Crippen molar-refractivity contribution in [3.63, 3.8) is 0 Å². The highest BCUT2D eigenvalue weighted by Crippen LogP contribution is 2.43. The molecule has 4 rings (SSSR count). The molecule has 1 aliphatic heterocycles. The van der Waals surface area contributed by atoms with Crippen LogP contribution in [0.2, 0.25) is 0 Å². The molecule has 1 amide bonds. The SMILES string of the molecule is CCc1ccc(/C(O)=C2/C(=O)C(=O)N(c3ccc(C)cc3C)C2c2ccc(C)o2)cc1. The van der Waals surface area contributed by atoms with Crippen LogP contribution in [0.3, 0.4) is 0 Å². The van der Waals surface area contributed by atoms with E-state index >= 15 is 0 Å². The molecular weight excluding hydrogens is 390 g/mol. The molecule has 0 aliphatic carbocycles. The average molecular weight is 415 g/mol. The molecule has 5 heteroatoms. The summed E-state index contributed by atoms with van der Waals surface area (Å²) in [5.74, 6) is -0.516. The van der Waals surface area contributed by atoms with Gasteiger partial charge in [-0.25, -0.2) is 0 Å². The normalized spacial score (nSPS) is 18.1. The number of hydrogen-bond donors (Lipinski definition) is 1. The van der Waals surface area contributed by atoms with Gasteiger partial charge in [0.25, 0.3) is 11.7 Å². The molecule has 0 spiro atoms. The zero-order chi connectivity index (χ0) is 22.3. The Balaban J connectivity index is 1.93. The van der Waals surface area contributed by atoms with Gasteiger partial charge in [0.05, 0.1) is 5.57 Å². The molecule has 0 saturated carbocycles. The zero-order valence-corrected chi connectivity index (χ0v) is 18.1. The molecule has 1 fully saturated rings. The smallest absolute Gasteiger partial charge is 0.300 e. The van der Waals surface area contributed by atoms with Crippen molar-refractivity contribution in [2.45, 2.75) is 40.2 Å². The molecule has 2 aromatic carbocycles. The first-order valence-electron chi connectivity index (χ1n) is 10.4. The monoisotopic (exact) mass is 415 g/mol. The topological polar surface area (TPSA) is 70.8 Å². The van der Waals surface area contributed by atoms with Crippen molar-refractivity contribution in [2.75, 3.05) is 4.90 Å². The minimum atomic E-state index is -0.846. The minimum absolute atomic E-state index is 0.0311. The fraction of sp³-hybridized carbons (Fsp3) is 0.231. The van der Waals surface area contributed by atoms with Crippen LogP contribution < -0.4 is 4.90 Å². The van der Waals surface area contributed by atoms with E-state index in [4.69, 9.17) is 4.42 Å². The Labute approximate surface area is 181 Å². The van der Waals surface area contributed by atoms with Crippen molar-refractivity contribution in [3.05, 3.63) is 93.9 Å².